The highest BCUT2D eigenvalue weighted by atomic mass is 35.5. The molecule has 1 amide bonds. The highest BCUT2D eigenvalue weighted by Crippen LogP contribution is 2.28. The van der Waals surface area contributed by atoms with E-state index >= 15 is 0 Å². The summed E-state index contributed by atoms with van der Waals surface area (Å²) in [6.07, 6.45) is 1.58. The van der Waals surface area contributed by atoms with E-state index in [2.05, 4.69) is 5.32 Å². The molecular formula is C15H16ClNO2. The number of carbonyl (C=O) groups is 1. The molecule has 4 heteroatoms. The van der Waals surface area contributed by atoms with Crippen molar-refractivity contribution in [2.75, 3.05) is 5.32 Å². The average molecular weight is 278 g/mol. The van der Waals surface area contributed by atoms with Gasteiger partial charge in [-0.15, -0.1) is 0 Å². The van der Waals surface area contributed by atoms with Gasteiger partial charge in [0.1, 0.15) is 5.76 Å². The maximum absolute atomic E-state index is 12.3. The minimum absolute atomic E-state index is 0.197. The summed E-state index contributed by atoms with van der Waals surface area (Å²) >= 11 is 6.18. The summed E-state index contributed by atoms with van der Waals surface area (Å²) in [7, 11) is 0. The van der Waals surface area contributed by atoms with Gasteiger partial charge < -0.3 is 9.73 Å². The Morgan fingerprint density at radius 3 is 2.37 bits per heavy atom. The molecule has 0 saturated carbocycles. The molecule has 19 heavy (non-hydrogen) atoms. The number of hydrogen-bond acceptors (Lipinski definition) is 2. The maximum Gasteiger partial charge on any atom is 0.259 e. The number of anilines is 1. The van der Waals surface area contributed by atoms with Crippen molar-refractivity contribution in [3.63, 3.8) is 0 Å². The number of rotatable bonds is 2. The van der Waals surface area contributed by atoms with E-state index in [1.165, 1.54) is 0 Å². The number of furan rings is 1. The van der Waals surface area contributed by atoms with Crippen LogP contribution in [0.1, 0.15) is 32.8 Å². The molecular weight excluding hydrogens is 262 g/mol. The van der Waals surface area contributed by atoms with Crippen LogP contribution < -0.4 is 5.32 Å². The van der Waals surface area contributed by atoms with Crippen LogP contribution in [0.4, 0.5) is 5.69 Å². The number of benzene rings is 1. The molecule has 0 bridgehead atoms. The molecule has 0 unspecified atom stereocenters. The van der Waals surface area contributed by atoms with Crippen LogP contribution in [0, 0.1) is 27.7 Å². The molecule has 2 aromatic rings. The maximum atomic E-state index is 12.3. The summed E-state index contributed by atoms with van der Waals surface area (Å²) in [5.41, 5.74) is 4.04. The van der Waals surface area contributed by atoms with Crippen LogP contribution in [0.25, 0.3) is 0 Å². The third kappa shape index (κ3) is 2.66. The van der Waals surface area contributed by atoms with Crippen LogP contribution in [0.15, 0.2) is 22.8 Å². The van der Waals surface area contributed by atoms with Gasteiger partial charge in [0.05, 0.1) is 22.5 Å². The van der Waals surface area contributed by atoms with E-state index in [4.69, 9.17) is 16.0 Å². The molecule has 0 radical (unpaired) electrons. The molecule has 0 fully saturated rings. The zero-order valence-corrected chi connectivity index (χ0v) is 12.2. The Bertz CT molecular complexity index is 601. The van der Waals surface area contributed by atoms with Gasteiger partial charge in [-0.05, 0) is 44.9 Å². The first-order valence-corrected chi connectivity index (χ1v) is 6.40. The normalized spacial score (nSPS) is 10.6. The summed E-state index contributed by atoms with van der Waals surface area (Å²) in [4.78, 5) is 12.3. The fraction of sp³-hybridized carbons (Fsp3) is 0.267. The van der Waals surface area contributed by atoms with Crippen molar-refractivity contribution in [3.8, 4) is 0 Å². The van der Waals surface area contributed by atoms with Crippen molar-refractivity contribution in [1.29, 1.82) is 0 Å². The Kier molecular flexibility index (Phi) is 3.67. The monoisotopic (exact) mass is 277 g/mol. The highest BCUT2D eigenvalue weighted by Gasteiger charge is 2.17. The van der Waals surface area contributed by atoms with Gasteiger partial charge in [-0.25, -0.2) is 0 Å². The van der Waals surface area contributed by atoms with Gasteiger partial charge in [-0.1, -0.05) is 17.7 Å². The van der Waals surface area contributed by atoms with Crippen molar-refractivity contribution in [1.82, 2.24) is 0 Å². The lowest BCUT2D eigenvalue weighted by Crippen LogP contribution is -2.14. The van der Waals surface area contributed by atoms with Gasteiger partial charge in [-0.2, -0.15) is 0 Å². The van der Waals surface area contributed by atoms with Crippen LogP contribution in [0.3, 0.4) is 0 Å². The predicted octanol–water partition coefficient (Wildman–Crippen LogP) is 4.42. The summed E-state index contributed by atoms with van der Waals surface area (Å²) < 4.78 is 5.24. The molecule has 0 aliphatic rings. The van der Waals surface area contributed by atoms with E-state index in [1.807, 2.05) is 32.9 Å². The standard InChI is InChI=1S/C15H16ClNO2/c1-8-5-9(2)14(12(16)6-8)17-15(18)13-10(3)7-19-11(13)4/h5-7H,1-4H3,(H,17,18). The fourth-order valence-corrected chi connectivity index (χ4v) is 2.53. The van der Waals surface area contributed by atoms with E-state index in [0.29, 0.717) is 22.0 Å². The van der Waals surface area contributed by atoms with E-state index < -0.39 is 0 Å². The molecule has 0 aliphatic heterocycles. The van der Waals surface area contributed by atoms with E-state index in [1.54, 1.807) is 13.2 Å². The Balaban J connectivity index is 2.35. The van der Waals surface area contributed by atoms with Crippen molar-refractivity contribution in [2.45, 2.75) is 27.7 Å². The zero-order chi connectivity index (χ0) is 14.2. The summed E-state index contributed by atoms with van der Waals surface area (Å²) in [5, 5.41) is 3.40. The lowest BCUT2D eigenvalue weighted by molar-refractivity contribution is 0.102. The molecule has 1 heterocycles. The van der Waals surface area contributed by atoms with Crippen LogP contribution in [-0.4, -0.2) is 5.91 Å². The van der Waals surface area contributed by atoms with Crippen molar-refractivity contribution in [2.24, 2.45) is 0 Å². The Morgan fingerprint density at radius 2 is 1.84 bits per heavy atom. The first-order valence-electron chi connectivity index (χ1n) is 6.03. The number of nitrogens with one attached hydrogen (secondary N) is 1. The van der Waals surface area contributed by atoms with E-state index in [9.17, 15) is 4.79 Å². The molecule has 100 valence electrons. The Labute approximate surface area is 117 Å². The quantitative estimate of drug-likeness (QED) is 0.883. The SMILES string of the molecule is Cc1cc(C)c(NC(=O)c2c(C)coc2C)c(Cl)c1. The molecule has 2 rings (SSSR count). The molecule has 0 atom stereocenters. The second-order valence-corrected chi connectivity index (χ2v) is 5.15. The van der Waals surface area contributed by atoms with Crippen molar-refractivity contribution in [3.05, 3.63) is 51.4 Å². The third-order valence-electron chi connectivity index (χ3n) is 3.06. The van der Waals surface area contributed by atoms with Gasteiger partial charge >= 0.3 is 0 Å². The average Bonchev–Trinajstić information content (AvgIpc) is 2.63. The second-order valence-electron chi connectivity index (χ2n) is 4.74. The zero-order valence-electron chi connectivity index (χ0n) is 11.4. The van der Waals surface area contributed by atoms with Gasteiger partial charge in [0.15, 0.2) is 0 Å². The first kappa shape index (κ1) is 13.7. The number of amides is 1. The smallest absolute Gasteiger partial charge is 0.259 e. The Hall–Kier alpha value is -1.74. The number of hydrogen-bond donors (Lipinski definition) is 1. The minimum Gasteiger partial charge on any atom is -0.469 e. The lowest BCUT2D eigenvalue weighted by atomic mass is 10.1. The number of aryl methyl sites for hydroxylation is 4. The van der Waals surface area contributed by atoms with Crippen LogP contribution >= 0.6 is 11.6 Å². The molecule has 0 spiro atoms. The number of halogens is 1. The first-order chi connectivity index (χ1) is 8.90. The van der Waals surface area contributed by atoms with Gasteiger partial charge in [0.25, 0.3) is 5.91 Å². The Morgan fingerprint density at radius 1 is 1.16 bits per heavy atom. The fourth-order valence-electron chi connectivity index (χ4n) is 2.16. The molecule has 1 aromatic carbocycles. The van der Waals surface area contributed by atoms with E-state index in [0.717, 1.165) is 16.7 Å². The molecule has 1 N–H and O–H groups in total. The van der Waals surface area contributed by atoms with Gasteiger partial charge in [0.2, 0.25) is 0 Å². The molecule has 0 saturated heterocycles. The predicted molar refractivity (Wildman–Crippen MR) is 77.1 cm³/mol. The number of carbonyl (C=O) groups excluding carboxylic acids is 1. The molecule has 1 aromatic heterocycles. The van der Waals surface area contributed by atoms with E-state index in [-0.39, 0.29) is 5.91 Å². The van der Waals surface area contributed by atoms with Crippen molar-refractivity contribution >= 4 is 23.2 Å². The van der Waals surface area contributed by atoms with Crippen molar-refractivity contribution < 1.29 is 9.21 Å². The topological polar surface area (TPSA) is 42.2 Å². The largest absolute Gasteiger partial charge is 0.469 e. The lowest BCUT2D eigenvalue weighted by Gasteiger charge is -2.11. The van der Waals surface area contributed by atoms with Gasteiger partial charge in [-0.3, -0.25) is 4.79 Å². The van der Waals surface area contributed by atoms with Crippen LogP contribution in [-0.2, 0) is 0 Å². The second kappa shape index (κ2) is 5.10. The van der Waals surface area contributed by atoms with Crippen LogP contribution in [0.2, 0.25) is 5.02 Å². The highest BCUT2D eigenvalue weighted by molar-refractivity contribution is 6.34. The van der Waals surface area contributed by atoms with Crippen LogP contribution in [0.5, 0.6) is 0 Å². The molecule has 0 aliphatic carbocycles. The van der Waals surface area contributed by atoms with Gasteiger partial charge in [0, 0.05) is 5.56 Å². The molecule has 3 nitrogen and oxygen atoms in total. The minimum atomic E-state index is -0.197. The third-order valence-corrected chi connectivity index (χ3v) is 3.35. The summed E-state index contributed by atoms with van der Waals surface area (Å²) in [6, 6.07) is 3.82. The summed E-state index contributed by atoms with van der Waals surface area (Å²) in [6.45, 7) is 7.50. The summed E-state index contributed by atoms with van der Waals surface area (Å²) in [5.74, 6) is 0.411.